The first kappa shape index (κ1) is 22.1. The normalized spacial score (nSPS) is 21.4. The van der Waals surface area contributed by atoms with Gasteiger partial charge in [-0.05, 0) is 63.6 Å². The van der Waals surface area contributed by atoms with Gasteiger partial charge in [0.2, 0.25) is 5.91 Å². The number of hydrogen-bond acceptors (Lipinski definition) is 4. The second-order valence-corrected chi connectivity index (χ2v) is 10.1. The van der Waals surface area contributed by atoms with Gasteiger partial charge in [-0.1, -0.05) is 30.3 Å². The van der Waals surface area contributed by atoms with Crippen LogP contribution in [0.15, 0.2) is 48.7 Å². The van der Waals surface area contributed by atoms with Crippen LogP contribution in [0.5, 0.6) is 0 Å². The van der Waals surface area contributed by atoms with Crippen molar-refractivity contribution in [1.29, 1.82) is 0 Å². The molecule has 1 amide bonds. The number of aromatic nitrogens is 3. The largest absolute Gasteiger partial charge is 0.376 e. The van der Waals surface area contributed by atoms with Crippen molar-refractivity contribution in [2.24, 2.45) is 5.92 Å². The van der Waals surface area contributed by atoms with E-state index in [9.17, 15) is 4.79 Å². The van der Waals surface area contributed by atoms with Crippen LogP contribution in [0.4, 0.5) is 0 Å². The van der Waals surface area contributed by atoms with Crippen molar-refractivity contribution in [2.45, 2.75) is 64.0 Å². The van der Waals surface area contributed by atoms with Crippen molar-refractivity contribution in [3.8, 4) is 0 Å². The highest BCUT2D eigenvalue weighted by atomic mass is 16.5. The van der Waals surface area contributed by atoms with E-state index in [0.29, 0.717) is 18.6 Å². The van der Waals surface area contributed by atoms with Gasteiger partial charge in [0.05, 0.1) is 5.60 Å². The third kappa shape index (κ3) is 4.81. The number of carbonyl (C=O) groups excluding carboxylic acids is 1. The van der Waals surface area contributed by atoms with E-state index in [0.717, 1.165) is 68.6 Å². The molecule has 0 unspecified atom stereocenters. The van der Waals surface area contributed by atoms with Crippen LogP contribution in [0.3, 0.4) is 0 Å². The lowest BCUT2D eigenvalue weighted by atomic mass is 9.87. The van der Waals surface area contributed by atoms with Crippen LogP contribution in [0.1, 0.15) is 57.0 Å². The molecule has 4 heterocycles. The Morgan fingerprint density at radius 2 is 1.85 bits per heavy atom. The number of rotatable bonds is 5. The number of aryl methyl sites for hydroxylation is 2. The summed E-state index contributed by atoms with van der Waals surface area (Å²) in [5, 5.41) is 0. The fourth-order valence-corrected chi connectivity index (χ4v) is 5.48. The van der Waals surface area contributed by atoms with Crippen LogP contribution in [0, 0.1) is 5.92 Å². The number of amides is 1. The maximum atomic E-state index is 13.2. The Hall–Kier alpha value is -2.73. The number of fused-ring (bicyclic) bond motifs is 1. The van der Waals surface area contributed by atoms with E-state index in [2.05, 4.69) is 64.7 Å². The van der Waals surface area contributed by atoms with E-state index < -0.39 is 0 Å². The zero-order valence-electron chi connectivity index (χ0n) is 19.7. The smallest absolute Gasteiger partial charge is 0.225 e. The molecule has 0 bridgehead atoms. The molecular weight excluding hydrogens is 412 g/mol. The summed E-state index contributed by atoms with van der Waals surface area (Å²) in [5.41, 5.74) is 3.05. The van der Waals surface area contributed by atoms with Crippen LogP contribution >= 0.6 is 0 Å². The molecule has 0 aliphatic carbocycles. The molecule has 2 saturated heterocycles. The monoisotopic (exact) mass is 446 g/mol. The van der Waals surface area contributed by atoms with Crippen molar-refractivity contribution in [1.82, 2.24) is 19.4 Å². The van der Waals surface area contributed by atoms with Gasteiger partial charge < -0.3 is 14.2 Å². The SMILES string of the molecule is CC1(C)C[C@@H](C(=O)N2CCC(n3c(CCc4ccccc4)nc4cccnc43)CC2)CCO1. The van der Waals surface area contributed by atoms with Gasteiger partial charge in [0, 0.05) is 44.3 Å². The van der Waals surface area contributed by atoms with E-state index in [1.165, 1.54) is 5.56 Å². The molecular formula is C27H34N4O2. The predicted octanol–water partition coefficient (Wildman–Crippen LogP) is 4.59. The fraction of sp³-hybridized carbons (Fsp3) is 0.519. The summed E-state index contributed by atoms with van der Waals surface area (Å²) in [6, 6.07) is 14.9. The number of ether oxygens (including phenoxy) is 1. The fourth-order valence-electron chi connectivity index (χ4n) is 5.48. The highest BCUT2D eigenvalue weighted by molar-refractivity contribution is 5.79. The molecule has 0 saturated carbocycles. The maximum Gasteiger partial charge on any atom is 0.225 e. The predicted molar refractivity (Wildman–Crippen MR) is 129 cm³/mol. The number of piperidine rings is 1. The average molecular weight is 447 g/mol. The van der Waals surface area contributed by atoms with E-state index >= 15 is 0 Å². The molecule has 33 heavy (non-hydrogen) atoms. The van der Waals surface area contributed by atoms with Crippen molar-refractivity contribution in [3.05, 3.63) is 60.0 Å². The van der Waals surface area contributed by atoms with Crippen LogP contribution in [0.25, 0.3) is 11.2 Å². The Morgan fingerprint density at radius 3 is 2.61 bits per heavy atom. The van der Waals surface area contributed by atoms with Gasteiger partial charge in [0.1, 0.15) is 11.3 Å². The zero-order chi connectivity index (χ0) is 22.8. The molecule has 0 N–H and O–H groups in total. The lowest BCUT2D eigenvalue weighted by Gasteiger charge is -2.39. The first-order chi connectivity index (χ1) is 16.0. The summed E-state index contributed by atoms with van der Waals surface area (Å²) in [7, 11) is 0. The Morgan fingerprint density at radius 1 is 1.06 bits per heavy atom. The van der Waals surface area contributed by atoms with Crippen molar-refractivity contribution >= 4 is 17.1 Å². The minimum atomic E-state index is -0.202. The molecule has 3 aromatic rings. The summed E-state index contributed by atoms with van der Waals surface area (Å²) in [6.45, 7) is 6.45. The molecule has 2 aliphatic heterocycles. The molecule has 2 fully saturated rings. The van der Waals surface area contributed by atoms with Gasteiger partial charge in [0.15, 0.2) is 5.65 Å². The molecule has 1 atom stereocenters. The summed E-state index contributed by atoms with van der Waals surface area (Å²) < 4.78 is 8.18. The Labute approximate surface area is 196 Å². The first-order valence-corrected chi connectivity index (χ1v) is 12.3. The Balaban J connectivity index is 1.30. The number of benzene rings is 1. The molecule has 1 aromatic carbocycles. The second-order valence-electron chi connectivity index (χ2n) is 10.1. The number of carbonyl (C=O) groups is 1. The molecule has 0 radical (unpaired) electrons. The summed E-state index contributed by atoms with van der Waals surface area (Å²) in [4.78, 5) is 24.9. The molecule has 0 spiro atoms. The number of nitrogens with zero attached hydrogens (tertiary/aromatic N) is 4. The van der Waals surface area contributed by atoms with Crippen molar-refractivity contribution in [3.63, 3.8) is 0 Å². The number of pyridine rings is 1. The molecule has 174 valence electrons. The van der Waals surface area contributed by atoms with Gasteiger partial charge >= 0.3 is 0 Å². The topological polar surface area (TPSA) is 60.2 Å². The maximum absolute atomic E-state index is 13.2. The summed E-state index contributed by atoms with van der Waals surface area (Å²) >= 11 is 0. The number of hydrogen-bond donors (Lipinski definition) is 0. The number of imidazole rings is 1. The quantitative estimate of drug-likeness (QED) is 0.575. The lowest BCUT2D eigenvalue weighted by molar-refractivity contribution is -0.146. The van der Waals surface area contributed by atoms with Crippen LogP contribution in [0.2, 0.25) is 0 Å². The van der Waals surface area contributed by atoms with Crippen LogP contribution < -0.4 is 0 Å². The van der Waals surface area contributed by atoms with E-state index in [4.69, 9.17) is 9.72 Å². The molecule has 2 aromatic heterocycles. The van der Waals surface area contributed by atoms with Gasteiger partial charge in [-0.25, -0.2) is 9.97 Å². The minimum absolute atomic E-state index is 0.0856. The minimum Gasteiger partial charge on any atom is -0.376 e. The van der Waals surface area contributed by atoms with Gasteiger partial charge in [-0.3, -0.25) is 4.79 Å². The second kappa shape index (κ2) is 9.26. The molecule has 6 nitrogen and oxygen atoms in total. The average Bonchev–Trinajstić information content (AvgIpc) is 3.21. The third-order valence-corrected chi connectivity index (χ3v) is 7.19. The van der Waals surface area contributed by atoms with Gasteiger partial charge in [-0.15, -0.1) is 0 Å². The van der Waals surface area contributed by atoms with Gasteiger partial charge in [0.25, 0.3) is 0 Å². The Bertz CT molecular complexity index is 1100. The van der Waals surface area contributed by atoms with Crippen molar-refractivity contribution in [2.75, 3.05) is 19.7 Å². The van der Waals surface area contributed by atoms with E-state index in [1.807, 2.05) is 12.3 Å². The van der Waals surface area contributed by atoms with Crippen molar-refractivity contribution < 1.29 is 9.53 Å². The Kier molecular flexibility index (Phi) is 6.19. The highest BCUT2D eigenvalue weighted by Crippen LogP contribution is 2.33. The van der Waals surface area contributed by atoms with Gasteiger partial charge in [-0.2, -0.15) is 0 Å². The summed E-state index contributed by atoms with van der Waals surface area (Å²) in [6.07, 6.45) is 7.23. The lowest BCUT2D eigenvalue weighted by Crippen LogP contribution is -2.46. The molecule has 2 aliphatic rings. The number of likely N-dealkylation sites (tertiary alicyclic amines) is 1. The molecule has 5 rings (SSSR count). The van der Waals surface area contributed by atoms with Crippen LogP contribution in [-0.4, -0.2) is 50.6 Å². The third-order valence-electron chi connectivity index (χ3n) is 7.19. The van der Waals surface area contributed by atoms with Crippen LogP contribution in [-0.2, 0) is 22.4 Å². The zero-order valence-corrected chi connectivity index (χ0v) is 19.7. The first-order valence-electron chi connectivity index (χ1n) is 12.3. The van der Waals surface area contributed by atoms with E-state index in [-0.39, 0.29) is 11.5 Å². The standard InChI is InChI=1S/C27H34N4O2/c1-27(2)19-21(14-18-33-27)26(32)30-16-12-22(13-17-30)31-24(11-10-20-7-4-3-5-8-20)29-23-9-6-15-28-25(23)31/h3-9,15,21-22H,10-14,16-19H2,1-2H3/t21-/m0/s1. The summed E-state index contributed by atoms with van der Waals surface area (Å²) in [5.74, 6) is 1.49. The highest BCUT2D eigenvalue weighted by Gasteiger charge is 2.36. The molecule has 6 heteroatoms. The van der Waals surface area contributed by atoms with E-state index in [1.54, 1.807) is 0 Å².